The molecule has 4 rings (SSSR count). The molecule has 0 aromatic heterocycles. The topological polar surface area (TPSA) is 446 Å². The molecule has 0 aliphatic carbocycles. The molecule has 668 valence electrons. The van der Waals surface area contributed by atoms with Crippen LogP contribution in [0.25, 0.3) is 0 Å². The number of aliphatic hydroxyl groups excluding tert-OH is 10. The maximum atomic E-state index is 14.2. The molecule has 0 bridgehead atoms. The second kappa shape index (κ2) is 59.0. The number of hydrogen-bond donors (Lipinski definition) is 11. The van der Waals surface area contributed by atoms with E-state index < -0.39 is 123 Å². The number of unbranched alkanes of at least 4 members (excludes halogenated alkanes) is 15. The molecule has 2 amide bonds. The normalized spacial score (nSPS) is 26.4. The van der Waals surface area contributed by atoms with E-state index in [-0.39, 0.29) is 163 Å². The number of amides is 2. The van der Waals surface area contributed by atoms with Crippen LogP contribution in [0.1, 0.15) is 279 Å². The number of carbonyl (C=O) groups excluding carboxylic acids is 8. The van der Waals surface area contributed by atoms with Crippen molar-refractivity contribution in [2.45, 2.75) is 371 Å². The quantitative estimate of drug-likeness (QED) is 0.0284. The number of nitrogens with zero attached hydrogens (tertiary/aromatic N) is 1. The van der Waals surface area contributed by atoms with Gasteiger partial charge in [0.1, 0.15) is 71.3 Å². The smallest absolute Gasteiger partial charge is 0.222 e. The molecule has 11 N–H and O–H groups in total. The third-order valence-corrected chi connectivity index (χ3v) is 22.3. The summed E-state index contributed by atoms with van der Waals surface area (Å²) >= 11 is 0. The summed E-state index contributed by atoms with van der Waals surface area (Å²) in [5, 5.41) is 103. The highest BCUT2D eigenvalue weighted by molar-refractivity contribution is 5.81. The maximum absolute atomic E-state index is 14.2. The number of aliphatic hydroxyl groups is 10. The van der Waals surface area contributed by atoms with Crippen molar-refractivity contribution < 1.29 is 137 Å². The molecular weight excluding hydrogens is 1500 g/mol. The first-order valence-corrected chi connectivity index (χ1v) is 43.5. The van der Waals surface area contributed by atoms with Crippen LogP contribution in [-0.4, -0.2) is 293 Å². The van der Waals surface area contributed by atoms with Crippen molar-refractivity contribution in [2.24, 2.45) is 23.2 Å². The Balaban J connectivity index is 1.28. The zero-order valence-electron chi connectivity index (χ0n) is 70.4. The summed E-state index contributed by atoms with van der Waals surface area (Å²) in [6.45, 7) is 11.5. The fourth-order valence-corrected chi connectivity index (χ4v) is 14.8. The molecule has 30 nitrogen and oxygen atoms in total. The Labute approximate surface area is 683 Å². The van der Waals surface area contributed by atoms with E-state index in [0.717, 1.165) is 44.9 Å². The molecule has 0 radical (unpaired) electrons. The molecule has 115 heavy (non-hydrogen) atoms. The van der Waals surface area contributed by atoms with Gasteiger partial charge in [0, 0.05) is 146 Å². The summed E-state index contributed by atoms with van der Waals surface area (Å²) in [4.78, 5) is 107. The van der Waals surface area contributed by atoms with Crippen LogP contribution in [0.2, 0.25) is 0 Å². The van der Waals surface area contributed by atoms with Crippen LogP contribution in [0.4, 0.5) is 0 Å². The number of Topliss-reactive ketones (excluding diaryl/α,β-unsaturated/α-hetero) is 6. The first-order valence-electron chi connectivity index (χ1n) is 43.5. The lowest BCUT2D eigenvalue weighted by molar-refractivity contribution is -0.282. The van der Waals surface area contributed by atoms with Crippen LogP contribution < -0.4 is 5.32 Å². The van der Waals surface area contributed by atoms with Crippen LogP contribution in [0.3, 0.4) is 0 Å². The van der Waals surface area contributed by atoms with Crippen molar-refractivity contribution in [3.8, 4) is 0 Å². The fraction of sp³-hybridized carbons (Fsp3) is 0.906. The van der Waals surface area contributed by atoms with Crippen LogP contribution >= 0.6 is 0 Å². The number of nitrogens with one attached hydrogen (secondary N) is 1. The molecular formula is C85H150N2O28. The molecule has 0 aromatic rings. The molecule has 0 saturated carbocycles. The van der Waals surface area contributed by atoms with E-state index >= 15 is 0 Å². The molecule has 0 aromatic carbocycles. The predicted octanol–water partition coefficient (Wildman–Crippen LogP) is 6.65. The third-order valence-electron chi connectivity index (χ3n) is 22.3. The highest BCUT2D eigenvalue weighted by atomic mass is 16.7. The Morgan fingerprint density at radius 2 is 0.696 bits per heavy atom. The third kappa shape index (κ3) is 42.5. The zero-order valence-corrected chi connectivity index (χ0v) is 70.4. The van der Waals surface area contributed by atoms with E-state index in [1.165, 1.54) is 0 Å². The molecule has 4 aliphatic rings. The largest absolute Gasteiger partial charge is 0.394 e. The van der Waals surface area contributed by atoms with Gasteiger partial charge in [-0.3, -0.25) is 38.4 Å². The number of ketones is 6. The highest BCUT2D eigenvalue weighted by Crippen LogP contribution is 2.32. The lowest BCUT2D eigenvalue weighted by Gasteiger charge is -2.40. The Kier molecular flexibility index (Phi) is 53.1. The molecule has 17 atom stereocenters. The van der Waals surface area contributed by atoms with Gasteiger partial charge in [0.25, 0.3) is 0 Å². The number of β-amino-alcohol motifs (C(OH)–C–C–N with tert-alkyl or cyclic N) is 1. The van der Waals surface area contributed by atoms with Gasteiger partial charge >= 0.3 is 0 Å². The Morgan fingerprint density at radius 1 is 0.383 bits per heavy atom. The van der Waals surface area contributed by atoms with Gasteiger partial charge in [-0.2, -0.15) is 0 Å². The standard InChI is InChI=1S/C85H150N2O28/c1-59-75(100)78(103)70(52-88)113-81(59)109-43-26-22-34-63(91)29-16-13-18-31-66(94)39-46-106-56-85(50-68(96)37-15-11-9-7-8-10-12-20-38-74(99)87-51-69(97)49-62(87)55-112-84(4,5)6,57-107-47-40-67(95)32-19-14-17-30-64(92)35-23-27-44-110-82-60(2)76(101)79(104)71(53-89)114-82)58-108-48-41-73(98)86-42-25-21-33-65(93)36-24-28-45-111-83-61(3)77(102)80(105)72(54-90)115-83/h59-62,69-72,75-83,88-90,97,100-105H,7-58H2,1-6H3,(H,86,98)/t59?,60?,61?,62-,69+,70?,71?,72?,75?,76?,77?,78?,79?,80?,81?,82?,83?,85?/m0/s1. The van der Waals surface area contributed by atoms with Crippen molar-refractivity contribution >= 4 is 46.5 Å². The van der Waals surface area contributed by atoms with Gasteiger partial charge in [-0.05, 0) is 117 Å². The minimum atomic E-state index is -1.22. The van der Waals surface area contributed by atoms with Gasteiger partial charge < -0.3 is 109 Å². The number of hydrogen-bond acceptors (Lipinski definition) is 28. The number of carbonyl (C=O) groups is 8. The highest BCUT2D eigenvalue weighted by Gasteiger charge is 2.45. The molecule has 30 heteroatoms. The van der Waals surface area contributed by atoms with Crippen molar-refractivity contribution in [1.29, 1.82) is 0 Å². The summed E-state index contributed by atoms with van der Waals surface area (Å²) in [6, 6.07) is -0.135. The number of likely N-dealkylation sites (tertiary alicyclic amines) is 1. The molecule has 4 fully saturated rings. The zero-order chi connectivity index (χ0) is 84.6. The molecule has 4 saturated heterocycles. The number of rotatable bonds is 68. The van der Waals surface area contributed by atoms with Gasteiger partial charge in [-0.15, -0.1) is 0 Å². The SMILES string of the molecule is CC1C(OCCCCC(=O)CCCCCC(=O)CCOCC(COCCC(=O)CCCCCC(=O)CCCCOC2OC(CO)C(O)C(O)C2C)(COCCC(=O)NCCCCC(=O)CCCCOC2OC(CO)C(O)C(O)C2C)CC(=O)CCCCCCCCCCC(=O)N2C[C@H](O)C[C@H]2COC(C)(C)C)OC(CO)C(O)C1O. The summed E-state index contributed by atoms with van der Waals surface area (Å²) < 4.78 is 58.9. The van der Waals surface area contributed by atoms with Crippen LogP contribution in [-0.2, 0) is 85.7 Å². The van der Waals surface area contributed by atoms with Crippen molar-refractivity contribution in [3.05, 3.63) is 0 Å². The maximum Gasteiger partial charge on any atom is 0.222 e. The lowest BCUT2D eigenvalue weighted by atomic mass is 9.83. The van der Waals surface area contributed by atoms with Crippen molar-refractivity contribution in [2.75, 3.05) is 99.0 Å². The number of ether oxygens (including phenoxy) is 10. The van der Waals surface area contributed by atoms with Crippen molar-refractivity contribution in [1.82, 2.24) is 10.2 Å². The average molecular weight is 1650 g/mol. The molecule has 4 heterocycles. The second-order valence-corrected chi connectivity index (χ2v) is 33.8. The minimum Gasteiger partial charge on any atom is -0.394 e. The molecule has 0 spiro atoms. The van der Waals surface area contributed by atoms with E-state index in [1.54, 1.807) is 25.7 Å². The first kappa shape index (κ1) is 104. The van der Waals surface area contributed by atoms with E-state index in [1.807, 2.05) is 20.8 Å². The van der Waals surface area contributed by atoms with Gasteiger partial charge in [0.2, 0.25) is 11.8 Å². The van der Waals surface area contributed by atoms with Crippen LogP contribution in [0.5, 0.6) is 0 Å². The average Bonchev–Trinajstić information content (AvgIpc) is 1.85. The van der Waals surface area contributed by atoms with Gasteiger partial charge in [0.05, 0.1) is 102 Å². The van der Waals surface area contributed by atoms with Gasteiger partial charge in [0.15, 0.2) is 18.9 Å². The van der Waals surface area contributed by atoms with E-state index in [2.05, 4.69) is 5.32 Å². The van der Waals surface area contributed by atoms with E-state index in [4.69, 9.17) is 47.4 Å². The predicted molar refractivity (Wildman–Crippen MR) is 425 cm³/mol. The summed E-state index contributed by atoms with van der Waals surface area (Å²) in [5.41, 5.74) is -1.42. The van der Waals surface area contributed by atoms with Gasteiger partial charge in [-0.25, -0.2) is 0 Å². The molecule has 4 aliphatic heterocycles. The molecule has 15 unspecified atom stereocenters. The minimum absolute atomic E-state index is 0.00204. The lowest BCUT2D eigenvalue weighted by Crippen LogP contribution is -2.55. The Hall–Kier alpha value is -3.84. The summed E-state index contributed by atoms with van der Waals surface area (Å²) in [7, 11) is 0. The Morgan fingerprint density at radius 3 is 1.06 bits per heavy atom. The second-order valence-electron chi connectivity index (χ2n) is 33.8. The van der Waals surface area contributed by atoms with Gasteiger partial charge in [-0.1, -0.05) is 72.1 Å². The van der Waals surface area contributed by atoms with Crippen molar-refractivity contribution in [3.63, 3.8) is 0 Å². The van der Waals surface area contributed by atoms with Crippen LogP contribution in [0.15, 0.2) is 0 Å². The monoisotopic (exact) mass is 1650 g/mol. The summed E-state index contributed by atoms with van der Waals surface area (Å²) in [5.74, 6) is -1.57. The van der Waals surface area contributed by atoms with Crippen LogP contribution in [0, 0.1) is 23.2 Å². The Bertz CT molecular complexity index is 2490. The van der Waals surface area contributed by atoms with E-state index in [9.17, 15) is 89.4 Å². The summed E-state index contributed by atoms with van der Waals surface area (Å²) in [6.07, 6.45) is 6.70. The van der Waals surface area contributed by atoms with E-state index in [0.29, 0.717) is 167 Å². The first-order chi connectivity index (χ1) is 55.0. The fourth-order valence-electron chi connectivity index (χ4n) is 14.8.